The molecular formula is C38H68NO13P. The van der Waals surface area contributed by atoms with Crippen LogP contribution in [0.25, 0.3) is 0 Å². The van der Waals surface area contributed by atoms with Crippen LogP contribution in [0.4, 0.5) is 0 Å². The second-order valence-corrected chi connectivity index (χ2v) is 19.4. The van der Waals surface area contributed by atoms with Crippen LogP contribution in [-0.4, -0.2) is 123 Å². The van der Waals surface area contributed by atoms with E-state index in [2.05, 4.69) is 33.0 Å². The zero-order chi connectivity index (χ0) is 39.3. The predicted molar refractivity (Wildman–Crippen MR) is 195 cm³/mol. The Bertz CT molecular complexity index is 1320. The number of hydrogen-bond donors (Lipinski definition) is 6. The fourth-order valence-electron chi connectivity index (χ4n) is 10.4. The van der Waals surface area contributed by atoms with Gasteiger partial charge in [-0.15, -0.1) is 0 Å². The Labute approximate surface area is 315 Å². The Morgan fingerprint density at radius 3 is 2.36 bits per heavy atom. The summed E-state index contributed by atoms with van der Waals surface area (Å²) in [6.45, 7) is 15.4. The van der Waals surface area contributed by atoms with Crippen molar-refractivity contribution in [2.45, 2.75) is 172 Å². The fourth-order valence-corrected chi connectivity index (χ4v) is 10.8. The van der Waals surface area contributed by atoms with E-state index in [0.29, 0.717) is 19.3 Å². The molecule has 1 amide bonds. The van der Waals surface area contributed by atoms with Gasteiger partial charge < -0.3 is 58.8 Å². The van der Waals surface area contributed by atoms with Crippen molar-refractivity contribution in [1.82, 2.24) is 5.32 Å². The molecule has 0 aromatic rings. The lowest BCUT2D eigenvalue weighted by molar-refractivity contribution is -0.336. The molecule has 5 saturated heterocycles. The molecule has 15 heteroatoms. The second-order valence-electron chi connectivity index (χ2n) is 17.6. The third kappa shape index (κ3) is 8.75. The van der Waals surface area contributed by atoms with Gasteiger partial charge in [0, 0.05) is 44.2 Å². The molecule has 0 radical (unpaired) electrons. The van der Waals surface area contributed by atoms with Crippen LogP contribution in [0.3, 0.4) is 0 Å². The Morgan fingerprint density at radius 2 is 1.74 bits per heavy atom. The fraction of sp³-hybridized carbons (Fsp3) is 0.974. The zero-order valence-electron chi connectivity index (χ0n) is 33.2. The Morgan fingerprint density at radius 1 is 1.04 bits per heavy atom. The topological polar surface area (TPSA) is 203 Å². The van der Waals surface area contributed by atoms with Gasteiger partial charge in [-0.1, -0.05) is 48.5 Å². The average Bonchev–Trinajstić information content (AvgIpc) is 3.80. The molecule has 0 aromatic heterocycles. The quantitative estimate of drug-likeness (QED) is 0.149. The van der Waals surface area contributed by atoms with Gasteiger partial charge in [-0.05, 0) is 57.3 Å². The third-order valence-electron chi connectivity index (χ3n) is 13.8. The largest absolute Gasteiger partial charge is 0.393 e. The first-order valence-corrected chi connectivity index (χ1v) is 21.7. The molecule has 1 spiro atoms. The molecule has 5 rings (SSSR count). The van der Waals surface area contributed by atoms with E-state index in [9.17, 15) is 34.5 Å². The molecule has 0 bridgehead atoms. The van der Waals surface area contributed by atoms with E-state index in [1.165, 1.54) is 7.11 Å². The lowest BCUT2D eigenvalue weighted by Crippen LogP contribution is -2.57. The van der Waals surface area contributed by atoms with Crippen molar-refractivity contribution >= 4 is 13.5 Å². The Hall–Kier alpha value is -0.740. The van der Waals surface area contributed by atoms with E-state index in [1.54, 1.807) is 6.92 Å². The minimum Gasteiger partial charge on any atom is -0.393 e. The first-order chi connectivity index (χ1) is 24.7. The number of hydrogen-bond acceptors (Lipinski definition) is 11. The molecule has 17 atom stereocenters. The minimum atomic E-state index is -4.25. The summed E-state index contributed by atoms with van der Waals surface area (Å²) in [6.07, 6.45) is 2.09. The summed E-state index contributed by atoms with van der Waals surface area (Å²) in [4.78, 5) is 31.4. The van der Waals surface area contributed by atoms with Crippen molar-refractivity contribution in [2.75, 3.05) is 26.4 Å². The van der Waals surface area contributed by atoms with Crippen molar-refractivity contribution in [2.24, 2.45) is 35.5 Å². The van der Waals surface area contributed by atoms with Crippen LogP contribution in [0.2, 0.25) is 0 Å². The SMILES string of the molecule is CC[C@@]1([C@@H]2O[C@@H]([C@H]3O[C@@](O)(CO)[C@H](C)C[C@@H]3C)C[C@@H]2C)CC[C@H]([C@]2(C)CC[C@]3(C[C@H](O)[C@@H](C)[C@@H]([C@@H](C)[C@@H](OC)[C@H](C)C(=O)NCCP(=O)(O)O)O3)O2)O1. The summed E-state index contributed by atoms with van der Waals surface area (Å²) >= 11 is 0. The van der Waals surface area contributed by atoms with Gasteiger partial charge in [0.15, 0.2) is 11.6 Å². The highest BCUT2D eigenvalue weighted by Gasteiger charge is 2.62. The molecule has 5 heterocycles. The van der Waals surface area contributed by atoms with Gasteiger partial charge in [0.2, 0.25) is 5.91 Å². The summed E-state index contributed by atoms with van der Waals surface area (Å²) in [6, 6.07) is 0. The second kappa shape index (κ2) is 16.3. The number of methoxy groups -OCH3 is 1. The lowest BCUT2D eigenvalue weighted by Gasteiger charge is -2.49. The average molecular weight is 778 g/mol. The number of ether oxygens (including phenoxy) is 6. The number of carbonyl (C=O) groups is 1. The van der Waals surface area contributed by atoms with Crippen molar-refractivity contribution in [3.05, 3.63) is 0 Å². The summed E-state index contributed by atoms with van der Waals surface area (Å²) in [5.74, 6) is -4.12. The van der Waals surface area contributed by atoms with Crippen LogP contribution in [0, 0.1) is 35.5 Å². The van der Waals surface area contributed by atoms with Crippen molar-refractivity contribution in [1.29, 1.82) is 0 Å². The molecule has 14 nitrogen and oxygen atoms in total. The first-order valence-electron chi connectivity index (χ1n) is 19.9. The zero-order valence-corrected chi connectivity index (χ0v) is 34.1. The number of aliphatic hydroxyl groups is 3. The van der Waals surface area contributed by atoms with Gasteiger partial charge in [0.25, 0.3) is 0 Å². The van der Waals surface area contributed by atoms with Gasteiger partial charge in [-0.25, -0.2) is 0 Å². The number of nitrogens with one attached hydrogen (secondary N) is 1. The molecule has 0 aliphatic carbocycles. The number of amides is 1. The molecule has 5 aliphatic heterocycles. The molecule has 6 N–H and O–H groups in total. The van der Waals surface area contributed by atoms with E-state index in [4.69, 9.17) is 28.4 Å². The molecule has 0 aromatic carbocycles. The molecule has 308 valence electrons. The van der Waals surface area contributed by atoms with E-state index in [1.807, 2.05) is 20.8 Å². The summed E-state index contributed by atoms with van der Waals surface area (Å²) in [5.41, 5.74) is -1.22. The molecule has 5 aliphatic rings. The van der Waals surface area contributed by atoms with Gasteiger partial charge in [0.1, 0.15) is 0 Å². The van der Waals surface area contributed by atoms with Crippen LogP contribution in [-0.2, 0) is 37.8 Å². The standard InChI is InChI=1S/C38H68NO13P/c1-10-36(33-22(3)18-28(48-33)30-21(2)17-23(4)38(43,20-40)51-30)12-11-29(49-36)35(8)13-14-37(52-35)19-27(41)24(5)32(50-37)25(6)31(47-9)26(7)34(42)39-15-16-53(44,45)46/h21-33,40-41,43H,10-20H2,1-9H3,(H,39,42)(H2,44,45,46)/t21-,22-,23+,24+,25-,26-,27-,28+,29+,30-,31+,32-,33+,35-,36-,37+,38-/m0/s1. The van der Waals surface area contributed by atoms with Crippen LogP contribution in [0.1, 0.15) is 107 Å². The maximum atomic E-state index is 13.0. The van der Waals surface area contributed by atoms with Crippen LogP contribution < -0.4 is 5.32 Å². The number of aliphatic hydroxyl groups excluding tert-OH is 2. The summed E-state index contributed by atoms with van der Waals surface area (Å²) < 4.78 is 51.1. The van der Waals surface area contributed by atoms with E-state index < -0.39 is 67.4 Å². The predicted octanol–water partition coefficient (Wildman–Crippen LogP) is 3.48. The van der Waals surface area contributed by atoms with E-state index >= 15 is 0 Å². The summed E-state index contributed by atoms with van der Waals surface area (Å²) in [7, 11) is -2.73. The van der Waals surface area contributed by atoms with Crippen LogP contribution in [0.5, 0.6) is 0 Å². The molecule has 0 unspecified atom stereocenters. The molecule has 0 saturated carbocycles. The molecule has 53 heavy (non-hydrogen) atoms. The van der Waals surface area contributed by atoms with Gasteiger partial charge in [-0.2, -0.15) is 0 Å². The molecular weight excluding hydrogens is 709 g/mol. The Kier molecular flexibility index (Phi) is 13.3. The normalized spacial score (nSPS) is 46.8. The highest BCUT2D eigenvalue weighted by Crippen LogP contribution is 2.55. The number of carbonyl (C=O) groups excluding carboxylic acids is 1. The van der Waals surface area contributed by atoms with E-state index in [0.717, 1.165) is 32.1 Å². The van der Waals surface area contributed by atoms with Crippen LogP contribution >= 0.6 is 7.60 Å². The monoisotopic (exact) mass is 777 g/mol. The maximum Gasteiger partial charge on any atom is 0.327 e. The smallest absolute Gasteiger partial charge is 0.327 e. The van der Waals surface area contributed by atoms with E-state index in [-0.39, 0.29) is 66.5 Å². The molecule has 5 fully saturated rings. The van der Waals surface area contributed by atoms with Gasteiger partial charge >= 0.3 is 7.60 Å². The third-order valence-corrected chi connectivity index (χ3v) is 14.6. The Balaban J connectivity index is 1.25. The van der Waals surface area contributed by atoms with Gasteiger partial charge in [0.05, 0.1) is 72.6 Å². The van der Waals surface area contributed by atoms with Crippen molar-refractivity contribution < 1.29 is 62.9 Å². The number of rotatable bonds is 13. The van der Waals surface area contributed by atoms with Gasteiger partial charge in [-0.3, -0.25) is 9.36 Å². The van der Waals surface area contributed by atoms with Crippen molar-refractivity contribution in [3.8, 4) is 0 Å². The van der Waals surface area contributed by atoms with Crippen molar-refractivity contribution in [3.63, 3.8) is 0 Å². The lowest BCUT2D eigenvalue weighted by atomic mass is 9.78. The highest BCUT2D eigenvalue weighted by molar-refractivity contribution is 7.51. The highest BCUT2D eigenvalue weighted by atomic mass is 31.2. The maximum absolute atomic E-state index is 13.0. The first kappa shape index (κ1) is 43.4. The minimum absolute atomic E-state index is 0.153. The van der Waals surface area contributed by atoms with Crippen LogP contribution in [0.15, 0.2) is 0 Å². The summed E-state index contributed by atoms with van der Waals surface area (Å²) in [5, 5.41) is 35.0.